The van der Waals surface area contributed by atoms with Gasteiger partial charge in [0.25, 0.3) is 0 Å². The van der Waals surface area contributed by atoms with Crippen molar-refractivity contribution >= 4 is 0 Å². The molecule has 1 heterocycles. The smallest absolute Gasteiger partial charge is 0.159 e. The molecular weight excluding hydrogens is 316 g/mol. The molecule has 0 bridgehead atoms. The molecule has 1 nitrogen and oxygen atoms in total. The first-order chi connectivity index (χ1) is 12.2. The first-order valence-electron chi connectivity index (χ1n) is 8.71. The van der Waals surface area contributed by atoms with Gasteiger partial charge >= 0.3 is 0 Å². The maximum atomic E-state index is 13.3. The minimum absolute atomic E-state index is 0.451. The van der Waals surface area contributed by atoms with E-state index in [-0.39, 0.29) is 0 Å². The molecule has 1 aliphatic rings. The second-order valence-electron chi connectivity index (χ2n) is 6.47. The molecule has 3 heteroatoms. The number of hydrogen-bond donors (Lipinski definition) is 0. The Morgan fingerprint density at radius 3 is 2.48 bits per heavy atom. The fraction of sp³-hybridized carbons (Fsp3) is 0.318. The summed E-state index contributed by atoms with van der Waals surface area (Å²) in [7, 11) is 0. The Morgan fingerprint density at radius 2 is 1.84 bits per heavy atom. The average Bonchev–Trinajstić information content (AvgIpc) is 2.64. The van der Waals surface area contributed by atoms with Crippen LogP contribution in [0.2, 0.25) is 0 Å². The second kappa shape index (κ2) is 8.07. The second-order valence-corrected chi connectivity index (χ2v) is 6.47. The molecule has 0 amide bonds. The van der Waals surface area contributed by atoms with E-state index in [1.165, 1.54) is 18.9 Å². The topological polar surface area (TPSA) is 12.9 Å². The van der Waals surface area contributed by atoms with Crippen LogP contribution in [0.25, 0.3) is 11.3 Å². The molecule has 3 rings (SSSR count). The van der Waals surface area contributed by atoms with Gasteiger partial charge in [0, 0.05) is 23.2 Å². The van der Waals surface area contributed by atoms with Crippen LogP contribution in [-0.4, -0.2) is 4.98 Å². The predicted molar refractivity (Wildman–Crippen MR) is 96.7 cm³/mol. The summed E-state index contributed by atoms with van der Waals surface area (Å²) in [5, 5.41) is 0. The highest BCUT2D eigenvalue weighted by Gasteiger charge is 2.17. The van der Waals surface area contributed by atoms with Crippen LogP contribution in [0.15, 0.2) is 48.7 Å². The standard InChI is InChI=1S/C22H21F2N/c1-2-3-16-4-6-17(7-5-16)8-9-18-10-13-22(25-15-18)19-11-12-20(23)21(24)14-19/h2-3,10-17H,4-7H2,1H3/b3-2+/t16-,17-. The van der Waals surface area contributed by atoms with Crippen LogP contribution in [0.5, 0.6) is 0 Å². The van der Waals surface area contributed by atoms with Crippen molar-refractivity contribution in [3.8, 4) is 23.1 Å². The van der Waals surface area contributed by atoms with Gasteiger partial charge in [-0.15, -0.1) is 0 Å². The van der Waals surface area contributed by atoms with Gasteiger partial charge in [0.05, 0.1) is 5.69 Å². The van der Waals surface area contributed by atoms with Gasteiger partial charge in [0.2, 0.25) is 0 Å². The largest absolute Gasteiger partial charge is 0.255 e. The van der Waals surface area contributed by atoms with Crippen LogP contribution in [0.1, 0.15) is 38.2 Å². The molecular formula is C22H21F2N. The van der Waals surface area contributed by atoms with Crippen LogP contribution in [0.4, 0.5) is 8.78 Å². The third-order valence-electron chi connectivity index (χ3n) is 4.64. The zero-order valence-electron chi connectivity index (χ0n) is 14.3. The number of allylic oxidation sites excluding steroid dienone is 2. The number of benzene rings is 1. The predicted octanol–water partition coefficient (Wildman–Crippen LogP) is 5.76. The summed E-state index contributed by atoms with van der Waals surface area (Å²) in [4.78, 5) is 4.32. The number of nitrogens with zero attached hydrogens (tertiary/aromatic N) is 1. The lowest BCUT2D eigenvalue weighted by Crippen LogP contribution is -2.11. The van der Waals surface area contributed by atoms with E-state index in [4.69, 9.17) is 0 Å². The van der Waals surface area contributed by atoms with Gasteiger partial charge in [-0.3, -0.25) is 4.98 Å². The number of hydrogen-bond acceptors (Lipinski definition) is 1. The minimum atomic E-state index is -0.864. The lowest BCUT2D eigenvalue weighted by Gasteiger charge is -2.22. The van der Waals surface area contributed by atoms with Gasteiger partial charge in [0.15, 0.2) is 11.6 Å². The molecule has 0 saturated heterocycles. The summed E-state index contributed by atoms with van der Waals surface area (Å²) in [5.74, 6) is 5.99. The maximum absolute atomic E-state index is 13.3. The van der Waals surface area contributed by atoms with Crippen LogP contribution < -0.4 is 0 Å². The lowest BCUT2D eigenvalue weighted by atomic mass is 9.82. The van der Waals surface area contributed by atoms with E-state index in [0.29, 0.717) is 23.1 Å². The maximum Gasteiger partial charge on any atom is 0.159 e. The van der Waals surface area contributed by atoms with Gasteiger partial charge in [-0.2, -0.15) is 0 Å². The Balaban J connectivity index is 1.65. The van der Waals surface area contributed by atoms with Gasteiger partial charge in [0.1, 0.15) is 0 Å². The van der Waals surface area contributed by atoms with Crippen molar-refractivity contribution in [1.82, 2.24) is 4.98 Å². The Kier molecular flexibility index (Phi) is 5.60. The lowest BCUT2D eigenvalue weighted by molar-refractivity contribution is 0.364. The summed E-state index contributed by atoms with van der Waals surface area (Å²) in [6.07, 6.45) is 10.8. The Bertz CT molecular complexity index is 804. The molecule has 1 fully saturated rings. The molecule has 1 aromatic carbocycles. The van der Waals surface area contributed by atoms with E-state index < -0.39 is 11.6 Å². The average molecular weight is 337 g/mol. The molecule has 0 atom stereocenters. The fourth-order valence-corrected chi connectivity index (χ4v) is 3.21. The molecule has 2 aromatic rings. The Morgan fingerprint density at radius 1 is 1.04 bits per heavy atom. The summed E-state index contributed by atoms with van der Waals surface area (Å²) in [5.41, 5.74) is 2.01. The molecule has 0 aliphatic heterocycles. The van der Waals surface area contributed by atoms with Crippen molar-refractivity contribution in [3.63, 3.8) is 0 Å². The highest BCUT2D eigenvalue weighted by Crippen LogP contribution is 2.29. The zero-order valence-corrected chi connectivity index (χ0v) is 14.3. The molecule has 0 radical (unpaired) electrons. The Labute approximate surface area is 147 Å². The van der Waals surface area contributed by atoms with Crippen LogP contribution in [0, 0.1) is 35.3 Å². The van der Waals surface area contributed by atoms with E-state index in [1.807, 2.05) is 6.07 Å². The highest BCUT2D eigenvalue weighted by molar-refractivity contribution is 5.59. The molecule has 0 unspecified atom stereocenters. The molecule has 25 heavy (non-hydrogen) atoms. The quantitative estimate of drug-likeness (QED) is 0.501. The van der Waals surface area contributed by atoms with Crippen LogP contribution in [0.3, 0.4) is 0 Å². The van der Waals surface area contributed by atoms with Gasteiger partial charge < -0.3 is 0 Å². The summed E-state index contributed by atoms with van der Waals surface area (Å²) in [6, 6.07) is 7.47. The third kappa shape index (κ3) is 4.54. The summed E-state index contributed by atoms with van der Waals surface area (Å²) in [6.45, 7) is 2.07. The first-order valence-corrected chi connectivity index (χ1v) is 8.71. The molecule has 0 spiro atoms. The van der Waals surface area contributed by atoms with Crippen molar-refractivity contribution in [3.05, 3.63) is 65.9 Å². The Hall–Kier alpha value is -2.47. The number of aromatic nitrogens is 1. The number of rotatable bonds is 2. The van der Waals surface area contributed by atoms with Gasteiger partial charge in [-0.1, -0.05) is 24.0 Å². The zero-order chi connectivity index (χ0) is 17.6. The number of halogens is 2. The number of pyridine rings is 1. The van der Waals surface area contributed by atoms with Crippen LogP contribution in [-0.2, 0) is 0 Å². The summed E-state index contributed by atoms with van der Waals surface area (Å²) >= 11 is 0. The third-order valence-corrected chi connectivity index (χ3v) is 4.64. The normalized spacial score (nSPS) is 20.3. The van der Waals surface area contributed by atoms with Crippen molar-refractivity contribution in [2.24, 2.45) is 11.8 Å². The first kappa shape index (κ1) is 17.4. The SMILES string of the molecule is C/C=C/[C@H]1CC[C@H](C#Cc2ccc(-c3ccc(F)c(F)c3)nc2)CC1. The summed E-state index contributed by atoms with van der Waals surface area (Å²) < 4.78 is 26.3. The molecule has 1 aromatic heterocycles. The van der Waals surface area contributed by atoms with Gasteiger partial charge in [-0.05, 0) is 68.9 Å². The van der Waals surface area contributed by atoms with E-state index in [0.717, 1.165) is 30.5 Å². The van der Waals surface area contributed by atoms with E-state index >= 15 is 0 Å². The van der Waals surface area contributed by atoms with Crippen molar-refractivity contribution in [2.75, 3.05) is 0 Å². The minimum Gasteiger partial charge on any atom is -0.255 e. The molecule has 128 valence electrons. The molecule has 1 saturated carbocycles. The highest BCUT2D eigenvalue weighted by atomic mass is 19.2. The fourth-order valence-electron chi connectivity index (χ4n) is 3.21. The van der Waals surface area contributed by atoms with Gasteiger partial charge in [-0.25, -0.2) is 8.78 Å². The van der Waals surface area contributed by atoms with Crippen molar-refractivity contribution in [2.45, 2.75) is 32.6 Å². The monoisotopic (exact) mass is 337 g/mol. The van der Waals surface area contributed by atoms with E-state index in [1.54, 1.807) is 12.3 Å². The van der Waals surface area contributed by atoms with E-state index in [2.05, 4.69) is 35.9 Å². The van der Waals surface area contributed by atoms with Crippen molar-refractivity contribution < 1.29 is 8.78 Å². The van der Waals surface area contributed by atoms with Crippen LogP contribution >= 0.6 is 0 Å². The molecule has 1 aliphatic carbocycles. The van der Waals surface area contributed by atoms with E-state index in [9.17, 15) is 8.78 Å². The van der Waals surface area contributed by atoms with Crippen molar-refractivity contribution in [1.29, 1.82) is 0 Å². The molecule has 0 N–H and O–H groups in total.